The highest BCUT2D eigenvalue weighted by Gasteiger charge is 2.34. The summed E-state index contributed by atoms with van der Waals surface area (Å²) in [6.07, 6.45) is 10.7. The van der Waals surface area contributed by atoms with Crippen molar-refractivity contribution in [3.05, 3.63) is 71.8 Å². The fraction of sp³-hybridized carbons (Fsp3) is 0.393. The lowest BCUT2D eigenvalue weighted by Crippen LogP contribution is -2.42. The van der Waals surface area contributed by atoms with E-state index in [0.717, 1.165) is 48.7 Å². The first-order chi connectivity index (χ1) is 16.6. The highest BCUT2D eigenvalue weighted by molar-refractivity contribution is 5.80. The number of ether oxygens (including phenoxy) is 2. The van der Waals surface area contributed by atoms with Gasteiger partial charge in [-0.3, -0.25) is 4.99 Å². The summed E-state index contributed by atoms with van der Waals surface area (Å²) in [5, 5.41) is 20.7. The molecule has 178 valence electrons. The van der Waals surface area contributed by atoms with Gasteiger partial charge < -0.3 is 24.6 Å². The number of hydrogen-bond acceptors (Lipinski definition) is 6. The summed E-state index contributed by atoms with van der Waals surface area (Å²) in [4.78, 5) is 7.09. The van der Waals surface area contributed by atoms with E-state index in [0.29, 0.717) is 19.4 Å². The summed E-state index contributed by atoms with van der Waals surface area (Å²) in [5.74, 6) is 2.10. The molecule has 0 aliphatic carbocycles. The first-order valence-electron chi connectivity index (χ1n) is 12.0. The van der Waals surface area contributed by atoms with Crippen LogP contribution in [0, 0.1) is 5.92 Å². The number of fused-ring (bicyclic) bond motifs is 2. The van der Waals surface area contributed by atoms with Crippen molar-refractivity contribution in [1.29, 1.82) is 0 Å². The SMILES string of the molecule is COc1ccc2c(c1)/C(=C/CCN1CCC(O)(c3ccc(O)cc3)CC1)C1C=CC=NC1CO2. The molecular weight excluding hydrogens is 428 g/mol. The Morgan fingerprint density at radius 1 is 1.18 bits per heavy atom. The predicted molar refractivity (Wildman–Crippen MR) is 134 cm³/mol. The van der Waals surface area contributed by atoms with Gasteiger partial charge in [-0.15, -0.1) is 0 Å². The van der Waals surface area contributed by atoms with Crippen molar-refractivity contribution < 1.29 is 19.7 Å². The maximum Gasteiger partial charge on any atom is 0.127 e. The Morgan fingerprint density at radius 3 is 2.74 bits per heavy atom. The molecule has 0 amide bonds. The smallest absolute Gasteiger partial charge is 0.127 e. The molecule has 2 atom stereocenters. The first kappa shape index (κ1) is 22.7. The number of benzene rings is 2. The zero-order chi connectivity index (χ0) is 23.5. The van der Waals surface area contributed by atoms with Crippen LogP contribution in [0.3, 0.4) is 0 Å². The number of aromatic hydroxyl groups is 1. The van der Waals surface area contributed by atoms with Crippen LogP contribution in [0.5, 0.6) is 17.2 Å². The minimum absolute atomic E-state index is 0.0740. The van der Waals surface area contributed by atoms with Gasteiger partial charge in [0.1, 0.15) is 23.9 Å². The van der Waals surface area contributed by atoms with Crippen LogP contribution < -0.4 is 9.47 Å². The molecule has 2 unspecified atom stereocenters. The van der Waals surface area contributed by atoms with Crippen molar-refractivity contribution in [2.24, 2.45) is 10.9 Å². The van der Waals surface area contributed by atoms with Gasteiger partial charge in [-0.1, -0.05) is 24.3 Å². The van der Waals surface area contributed by atoms with Crippen molar-refractivity contribution >= 4 is 11.8 Å². The van der Waals surface area contributed by atoms with Crippen molar-refractivity contribution in [3.8, 4) is 17.2 Å². The number of methoxy groups -OCH3 is 1. The fourth-order valence-electron chi connectivity index (χ4n) is 5.21. The molecule has 3 aliphatic heterocycles. The van der Waals surface area contributed by atoms with Crippen molar-refractivity contribution in [2.45, 2.75) is 30.9 Å². The Morgan fingerprint density at radius 2 is 1.97 bits per heavy atom. The number of dihydropyridines is 1. The van der Waals surface area contributed by atoms with Gasteiger partial charge in [0.05, 0.1) is 18.8 Å². The van der Waals surface area contributed by atoms with Gasteiger partial charge in [-0.05, 0) is 66.8 Å². The number of aliphatic hydroxyl groups is 1. The summed E-state index contributed by atoms with van der Waals surface area (Å²) >= 11 is 0. The molecule has 0 radical (unpaired) electrons. The molecule has 3 aliphatic rings. The molecule has 2 aromatic carbocycles. The van der Waals surface area contributed by atoms with Crippen molar-refractivity contribution in [3.63, 3.8) is 0 Å². The van der Waals surface area contributed by atoms with Crippen LogP contribution in [0.15, 0.2) is 65.7 Å². The van der Waals surface area contributed by atoms with Crippen LogP contribution in [0.25, 0.3) is 5.57 Å². The van der Waals surface area contributed by atoms with Crippen molar-refractivity contribution in [2.75, 3.05) is 33.4 Å². The highest BCUT2D eigenvalue weighted by Crippen LogP contribution is 2.41. The van der Waals surface area contributed by atoms with Crippen LogP contribution >= 0.6 is 0 Å². The van der Waals surface area contributed by atoms with E-state index in [4.69, 9.17) is 9.47 Å². The van der Waals surface area contributed by atoms with E-state index in [9.17, 15) is 10.2 Å². The van der Waals surface area contributed by atoms with Gasteiger partial charge in [0.25, 0.3) is 0 Å². The van der Waals surface area contributed by atoms with Gasteiger partial charge in [-0.25, -0.2) is 0 Å². The summed E-state index contributed by atoms with van der Waals surface area (Å²) < 4.78 is 11.6. The molecule has 1 fully saturated rings. The number of allylic oxidation sites excluding steroid dienone is 1. The van der Waals surface area contributed by atoms with Gasteiger partial charge in [0.2, 0.25) is 0 Å². The third kappa shape index (κ3) is 4.61. The van der Waals surface area contributed by atoms with E-state index >= 15 is 0 Å². The number of nitrogens with zero attached hydrogens (tertiary/aromatic N) is 2. The second kappa shape index (κ2) is 9.65. The van der Waals surface area contributed by atoms with Gasteiger partial charge in [-0.2, -0.15) is 0 Å². The quantitative estimate of drug-likeness (QED) is 0.700. The number of piperidine rings is 1. The number of hydrogen-bond donors (Lipinski definition) is 2. The molecule has 1 saturated heterocycles. The van der Waals surface area contributed by atoms with E-state index in [1.807, 2.05) is 36.6 Å². The standard InChI is InChI=1S/C28H32N2O4/c1-33-22-10-11-27-25(18-22)23(24-4-2-14-29-26(24)19-34-27)5-3-15-30-16-12-28(32,13-17-30)20-6-8-21(31)9-7-20/h2,4-11,14,18,24,26,31-32H,3,12-13,15-17,19H2,1H3/b23-5+. The molecule has 0 aromatic heterocycles. The second-order valence-electron chi connectivity index (χ2n) is 9.32. The monoisotopic (exact) mass is 460 g/mol. The molecular formula is C28H32N2O4. The Kier molecular flexibility index (Phi) is 6.44. The Labute approximate surface area is 200 Å². The molecule has 0 spiro atoms. The van der Waals surface area contributed by atoms with E-state index in [1.165, 1.54) is 5.57 Å². The normalized spacial score (nSPS) is 24.7. The van der Waals surface area contributed by atoms with Crippen molar-refractivity contribution in [1.82, 2.24) is 4.90 Å². The molecule has 2 N–H and O–H groups in total. The van der Waals surface area contributed by atoms with E-state index < -0.39 is 5.60 Å². The average molecular weight is 461 g/mol. The third-order valence-electron chi connectivity index (χ3n) is 7.26. The van der Waals surface area contributed by atoms with Gasteiger partial charge >= 0.3 is 0 Å². The number of phenolic OH excluding ortho intramolecular Hbond substituents is 1. The minimum atomic E-state index is -0.825. The third-order valence-corrected chi connectivity index (χ3v) is 7.26. The Bertz CT molecular complexity index is 1100. The maximum absolute atomic E-state index is 11.1. The zero-order valence-electron chi connectivity index (χ0n) is 19.6. The second-order valence-corrected chi connectivity index (χ2v) is 9.32. The van der Waals surface area contributed by atoms with Crippen LogP contribution in [-0.2, 0) is 5.60 Å². The van der Waals surface area contributed by atoms with E-state index in [1.54, 1.807) is 19.2 Å². The first-order valence-corrected chi connectivity index (χ1v) is 12.0. The van der Waals surface area contributed by atoms with Gasteiger partial charge in [0, 0.05) is 37.3 Å². The molecule has 2 aromatic rings. The van der Waals surface area contributed by atoms with Crippen LogP contribution in [0.1, 0.15) is 30.4 Å². The number of rotatable bonds is 5. The van der Waals surface area contributed by atoms with E-state index in [2.05, 4.69) is 28.1 Å². The lowest BCUT2D eigenvalue weighted by Gasteiger charge is -2.38. The van der Waals surface area contributed by atoms with E-state index in [-0.39, 0.29) is 17.7 Å². The maximum atomic E-state index is 11.1. The van der Waals surface area contributed by atoms with Crippen LogP contribution in [0.4, 0.5) is 0 Å². The largest absolute Gasteiger partial charge is 0.508 e. The molecule has 0 saturated carbocycles. The predicted octanol–water partition coefficient (Wildman–Crippen LogP) is 4.18. The lowest BCUT2D eigenvalue weighted by molar-refractivity contribution is -0.0254. The highest BCUT2D eigenvalue weighted by atomic mass is 16.5. The fourth-order valence-corrected chi connectivity index (χ4v) is 5.21. The van der Waals surface area contributed by atoms with Gasteiger partial charge in [0.15, 0.2) is 0 Å². The average Bonchev–Trinajstić information content (AvgIpc) is 3.02. The number of likely N-dealkylation sites (tertiary alicyclic amines) is 1. The lowest BCUT2D eigenvalue weighted by atomic mass is 9.84. The van der Waals surface area contributed by atoms with Crippen LogP contribution in [0.2, 0.25) is 0 Å². The number of phenols is 1. The Hall–Kier alpha value is -3.09. The topological polar surface area (TPSA) is 74.5 Å². The molecule has 3 heterocycles. The summed E-state index contributed by atoms with van der Waals surface area (Å²) in [5.41, 5.74) is 2.37. The summed E-state index contributed by atoms with van der Waals surface area (Å²) in [7, 11) is 1.69. The minimum Gasteiger partial charge on any atom is -0.508 e. The van der Waals surface area contributed by atoms with Crippen LogP contribution in [-0.4, -0.2) is 60.7 Å². The zero-order valence-corrected chi connectivity index (χ0v) is 19.6. The summed E-state index contributed by atoms with van der Waals surface area (Å²) in [6.45, 7) is 3.17. The molecule has 34 heavy (non-hydrogen) atoms. The molecule has 0 bridgehead atoms. The Balaban J connectivity index is 1.29. The molecule has 6 nitrogen and oxygen atoms in total. The number of aliphatic imine (C=N–C) groups is 1. The molecule has 5 rings (SSSR count). The summed E-state index contributed by atoms with van der Waals surface area (Å²) in [6, 6.07) is 13.0. The molecule has 6 heteroatoms.